The van der Waals surface area contributed by atoms with E-state index >= 15 is 0 Å². The summed E-state index contributed by atoms with van der Waals surface area (Å²) in [5.74, 6) is 0.180. The summed E-state index contributed by atoms with van der Waals surface area (Å²) in [4.78, 5) is 8.96. The molecule has 4 unspecified atom stereocenters. The molecule has 4 atom stereocenters. The third kappa shape index (κ3) is 3.73. The number of aliphatic hydroxyl groups excluding tert-OH is 1. The van der Waals surface area contributed by atoms with Gasteiger partial charge < -0.3 is 19.3 Å². The second-order valence-corrected chi connectivity index (χ2v) is 8.77. The summed E-state index contributed by atoms with van der Waals surface area (Å²) in [5.41, 5.74) is 1.05. The van der Waals surface area contributed by atoms with Gasteiger partial charge in [0.15, 0.2) is 27.3 Å². The van der Waals surface area contributed by atoms with E-state index in [1.165, 1.54) is 0 Å². The van der Waals surface area contributed by atoms with E-state index in [9.17, 15) is 0 Å². The topological polar surface area (TPSA) is 104 Å². The Bertz CT molecular complexity index is 850. The van der Waals surface area contributed by atoms with Gasteiger partial charge in [-0.3, -0.25) is 0 Å². The van der Waals surface area contributed by atoms with Gasteiger partial charge in [-0.05, 0) is 20.3 Å². The zero-order chi connectivity index (χ0) is 19.9. The Morgan fingerprint density at radius 2 is 2.11 bits per heavy atom. The predicted octanol–water partition coefficient (Wildman–Crippen LogP) is 2.22. The molecule has 2 aliphatic rings. The van der Waals surface area contributed by atoms with Gasteiger partial charge in [-0.25, -0.2) is 14.6 Å². The summed E-state index contributed by atoms with van der Waals surface area (Å²) in [6.45, 7) is 6.06. The van der Waals surface area contributed by atoms with Crippen molar-refractivity contribution in [3.8, 4) is 0 Å². The minimum Gasteiger partial charge on any atom is -0.394 e. The van der Waals surface area contributed by atoms with Crippen LogP contribution in [-0.2, 0) is 14.2 Å². The minimum absolute atomic E-state index is 0.0457. The van der Waals surface area contributed by atoms with Gasteiger partial charge in [0, 0.05) is 12.2 Å². The summed E-state index contributed by atoms with van der Waals surface area (Å²) in [6.07, 6.45) is 0.899. The van der Waals surface area contributed by atoms with Crippen molar-refractivity contribution in [3.05, 3.63) is 5.15 Å². The number of thioether (sulfide) groups is 1. The first-order valence-electron chi connectivity index (χ1n) is 9.43. The Labute approximate surface area is 172 Å². The van der Waals surface area contributed by atoms with Crippen LogP contribution >= 0.6 is 23.4 Å². The minimum atomic E-state index is -0.722. The predicted molar refractivity (Wildman–Crippen MR) is 103 cm³/mol. The maximum Gasteiger partial charge on any atom is 0.191 e. The third-order valence-electron chi connectivity index (χ3n) is 4.82. The molecule has 1 aliphatic heterocycles. The van der Waals surface area contributed by atoms with Gasteiger partial charge in [-0.15, -0.1) is 5.10 Å². The fraction of sp³-hybridized carbons (Fsp3) is 0.765. The number of hydrogen-bond donors (Lipinski definition) is 1. The number of aromatic nitrogens is 5. The molecule has 0 spiro atoms. The van der Waals surface area contributed by atoms with E-state index < -0.39 is 5.79 Å². The Morgan fingerprint density at radius 3 is 2.86 bits per heavy atom. The van der Waals surface area contributed by atoms with Crippen molar-refractivity contribution >= 4 is 34.5 Å². The fourth-order valence-electron chi connectivity index (χ4n) is 3.77. The lowest BCUT2D eigenvalue weighted by atomic mass is 10.2. The molecule has 0 amide bonds. The second kappa shape index (κ2) is 8.00. The number of halogens is 1. The highest BCUT2D eigenvalue weighted by atomic mass is 35.5. The zero-order valence-electron chi connectivity index (χ0n) is 16.0. The number of aliphatic hydroxyl groups is 1. The molecule has 1 saturated carbocycles. The molecule has 1 N–H and O–H groups in total. The van der Waals surface area contributed by atoms with Crippen molar-refractivity contribution in [2.24, 2.45) is 0 Å². The normalized spacial score (nSPS) is 28.9. The van der Waals surface area contributed by atoms with E-state index in [2.05, 4.69) is 27.2 Å². The first kappa shape index (κ1) is 20.2. The van der Waals surface area contributed by atoms with Crippen LogP contribution in [-0.4, -0.2) is 73.1 Å². The number of hydrogen-bond acceptors (Lipinski definition) is 9. The summed E-state index contributed by atoms with van der Waals surface area (Å²) < 4.78 is 19.8. The molecule has 11 heteroatoms. The second-order valence-electron chi connectivity index (χ2n) is 7.35. The Morgan fingerprint density at radius 1 is 1.32 bits per heavy atom. The van der Waals surface area contributed by atoms with E-state index in [0.717, 1.165) is 12.2 Å². The molecule has 2 aromatic rings. The van der Waals surface area contributed by atoms with Gasteiger partial charge in [0.05, 0.1) is 25.4 Å². The van der Waals surface area contributed by atoms with Crippen LogP contribution in [0.25, 0.3) is 11.2 Å². The Kier molecular flexibility index (Phi) is 5.78. The molecule has 0 bridgehead atoms. The van der Waals surface area contributed by atoms with Crippen molar-refractivity contribution in [2.45, 2.75) is 68.9 Å². The maximum absolute atomic E-state index is 9.13. The van der Waals surface area contributed by atoms with Crippen molar-refractivity contribution < 1.29 is 19.3 Å². The monoisotopic (exact) mass is 429 g/mol. The van der Waals surface area contributed by atoms with Gasteiger partial charge in [-0.1, -0.05) is 35.5 Å². The molecule has 28 heavy (non-hydrogen) atoms. The van der Waals surface area contributed by atoms with Gasteiger partial charge in [-0.2, -0.15) is 0 Å². The van der Waals surface area contributed by atoms with E-state index in [4.69, 9.17) is 30.9 Å². The average Bonchev–Trinajstić information content (AvgIpc) is 3.29. The Balaban J connectivity index is 1.69. The number of fused-ring (bicyclic) bond motifs is 2. The van der Waals surface area contributed by atoms with E-state index in [0.29, 0.717) is 27.9 Å². The molecule has 0 radical (unpaired) electrons. The van der Waals surface area contributed by atoms with Crippen molar-refractivity contribution in [1.29, 1.82) is 0 Å². The van der Waals surface area contributed by atoms with Crippen LogP contribution in [0.5, 0.6) is 0 Å². The highest BCUT2D eigenvalue weighted by molar-refractivity contribution is 7.99. The van der Waals surface area contributed by atoms with Gasteiger partial charge in [0.25, 0.3) is 0 Å². The quantitative estimate of drug-likeness (QED) is 0.403. The van der Waals surface area contributed by atoms with Gasteiger partial charge in [0.1, 0.15) is 12.2 Å². The fourth-order valence-corrected chi connectivity index (χ4v) is 4.72. The number of nitrogens with zero attached hydrogens (tertiary/aromatic N) is 5. The highest BCUT2D eigenvalue weighted by Gasteiger charge is 2.56. The van der Waals surface area contributed by atoms with Crippen LogP contribution in [0, 0.1) is 0 Å². The van der Waals surface area contributed by atoms with Crippen LogP contribution in [0.2, 0.25) is 5.15 Å². The first-order valence-corrected chi connectivity index (χ1v) is 10.8. The standard InChI is InChI=1S/C17H24ClN5O4S/c1-4-7-28-16-19-14(18)11-15(20-16)23(22-21-11)9-8-10(25-6-5-24)13-12(9)26-17(2,3)27-13/h9-10,12-13,24H,4-8H2,1-3H3. The van der Waals surface area contributed by atoms with Crippen molar-refractivity contribution in [2.75, 3.05) is 19.0 Å². The van der Waals surface area contributed by atoms with E-state index in [1.807, 2.05) is 13.8 Å². The third-order valence-corrected chi connectivity index (χ3v) is 6.13. The zero-order valence-corrected chi connectivity index (χ0v) is 17.6. The molecule has 4 rings (SSSR count). The van der Waals surface area contributed by atoms with E-state index in [1.54, 1.807) is 16.4 Å². The van der Waals surface area contributed by atoms with Crippen LogP contribution in [0.15, 0.2) is 5.16 Å². The van der Waals surface area contributed by atoms with Crippen LogP contribution < -0.4 is 0 Å². The maximum atomic E-state index is 9.13. The SMILES string of the molecule is CCCSc1nc(Cl)c2nnn(C3CC(OCCO)C4OC(C)(C)OC43)c2n1. The highest BCUT2D eigenvalue weighted by Crippen LogP contribution is 2.45. The molecule has 9 nitrogen and oxygen atoms in total. The molecule has 0 aromatic carbocycles. The largest absolute Gasteiger partial charge is 0.394 e. The molecule has 2 fully saturated rings. The lowest BCUT2D eigenvalue weighted by Crippen LogP contribution is -2.31. The van der Waals surface area contributed by atoms with Gasteiger partial charge >= 0.3 is 0 Å². The first-order chi connectivity index (χ1) is 13.4. The lowest BCUT2D eigenvalue weighted by Gasteiger charge is -2.23. The van der Waals surface area contributed by atoms with Crippen molar-refractivity contribution in [3.63, 3.8) is 0 Å². The molecule has 1 saturated heterocycles. The molecular formula is C17H24ClN5O4S. The average molecular weight is 430 g/mol. The smallest absolute Gasteiger partial charge is 0.191 e. The Hall–Kier alpha value is -1.04. The summed E-state index contributed by atoms with van der Waals surface area (Å²) in [6, 6.07) is -0.171. The van der Waals surface area contributed by atoms with Crippen LogP contribution in [0.3, 0.4) is 0 Å². The van der Waals surface area contributed by atoms with Gasteiger partial charge in [0.2, 0.25) is 0 Å². The molecule has 154 valence electrons. The lowest BCUT2D eigenvalue weighted by molar-refractivity contribution is -0.171. The van der Waals surface area contributed by atoms with Crippen molar-refractivity contribution in [1.82, 2.24) is 25.0 Å². The molecular weight excluding hydrogens is 406 g/mol. The van der Waals surface area contributed by atoms with E-state index in [-0.39, 0.29) is 37.6 Å². The summed E-state index contributed by atoms with van der Waals surface area (Å²) in [5, 5.41) is 18.5. The number of rotatable bonds is 7. The number of ether oxygens (including phenoxy) is 3. The summed E-state index contributed by atoms with van der Waals surface area (Å²) in [7, 11) is 0. The summed E-state index contributed by atoms with van der Waals surface area (Å²) >= 11 is 7.88. The molecule has 1 aliphatic carbocycles. The van der Waals surface area contributed by atoms with Crippen LogP contribution in [0.1, 0.15) is 39.7 Å². The van der Waals surface area contributed by atoms with Crippen LogP contribution in [0.4, 0.5) is 0 Å². The molecule has 2 aromatic heterocycles. The molecule has 3 heterocycles.